The molecular formula is C11H4BrF3N2O. The van der Waals surface area contributed by atoms with Gasteiger partial charge in [0.25, 0.3) is 0 Å². The molecule has 0 amide bonds. The zero-order valence-corrected chi connectivity index (χ0v) is 10.2. The van der Waals surface area contributed by atoms with E-state index in [0.717, 1.165) is 12.1 Å². The summed E-state index contributed by atoms with van der Waals surface area (Å²) in [4.78, 5) is 0. The Morgan fingerprint density at radius 3 is 2.39 bits per heavy atom. The number of benzene rings is 1. The summed E-state index contributed by atoms with van der Waals surface area (Å²) < 4.78 is 40.2. The van der Waals surface area contributed by atoms with Crippen molar-refractivity contribution in [2.75, 3.05) is 0 Å². The Morgan fingerprint density at radius 2 is 1.89 bits per heavy atom. The second-order valence-electron chi connectivity index (χ2n) is 3.02. The summed E-state index contributed by atoms with van der Waals surface area (Å²) >= 11 is 2.91. The fourth-order valence-corrected chi connectivity index (χ4v) is 1.40. The molecule has 0 saturated heterocycles. The molecule has 92 valence electrons. The SMILES string of the molecule is N#CC(C#N)=Cc1ccc(Br)c(OC(F)(F)F)c1. The maximum atomic E-state index is 12.1. The van der Waals surface area contributed by atoms with Gasteiger partial charge in [-0.05, 0) is 39.7 Å². The second kappa shape index (κ2) is 5.56. The first-order chi connectivity index (χ1) is 8.35. The molecule has 0 aliphatic carbocycles. The van der Waals surface area contributed by atoms with E-state index < -0.39 is 12.1 Å². The van der Waals surface area contributed by atoms with Crippen molar-refractivity contribution in [3.8, 4) is 17.9 Å². The van der Waals surface area contributed by atoms with Crippen molar-refractivity contribution in [3.05, 3.63) is 33.8 Å². The Bertz CT molecular complexity index is 551. The number of rotatable bonds is 2. The minimum atomic E-state index is -4.81. The number of halogens is 4. The monoisotopic (exact) mass is 316 g/mol. The van der Waals surface area contributed by atoms with Crippen molar-refractivity contribution in [2.24, 2.45) is 0 Å². The molecule has 0 radical (unpaired) electrons. The van der Waals surface area contributed by atoms with Gasteiger partial charge in [-0.3, -0.25) is 0 Å². The van der Waals surface area contributed by atoms with Gasteiger partial charge in [-0.2, -0.15) is 10.5 Å². The van der Waals surface area contributed by atoms with Crippen LogP contribution >= 0.6 is 15.9 Å². The van der Waals surface area contributed by atoms with Crippen LogP contribution in [0.2, 0.25) is 0 Å². The molecule has 18 heavy (non-hydrogen) atoms. The minimum absolute atomic E-state index is 0.118. The Kier molecular flexibility index (Phi) is 4.35. The van der Waals surface area contributed by atoms with Crippen LogP contribution in [0, 0.1) is 22.7 Å². The Hall–Kier alpha value is -1.99. The highest BCUT2D eigenvalue weighted by molar-refractivity contribution is 9.10. The molecule has 0 N–H and O–H groups in total. The second-order valence-corrected chi connectivity index (χ2v) is 3.87. The molecule has 1 aromatic carbocycles. The van der Waals surface area contributed by atoms with Crippen LogP contribution in [0.3, 0.4) is 0 Å². The van der Waals surface area contributed by atoms with Gasteiger partial charge in [0.1, 0.15) is 23.5 Å². The molecule has 0 spiro atoms. The predicted octanol–water partition coefficient (Wildman–Crippen LogP) is 3.78. The fraction of sp³-hybridized carbons (Fsp3) is 0.0909. The quantitative estimate of drug-likeness (QED) is 0.780. The molecule has 0 aliphatic rings. The van der Waals surface area contributed by atoms with E-state index >= 15 is 0 Å². The van der Waals surface area contributed by atoms with Crippen molar-refractivity contribution in [2.45, 2.75) is 6.36 Å². The molecular weight excluding hydrogens is 313 g/mol. The Labute approximate surface area is 109 Å². The smallest absolute Gasteiger partial charge is 0.405 e. The third-order valence-corrected chi connectivity index (χ3v) is 2.39. The average molecular weight is 317 g/mol. The molecule has 7 heteroatoms. The molecule has 0 aromatic heterocycles. The minimum Gasteiger partial charge on any atom is -0.405 e. The van der Waals surface area contributed by atoms with Gasteiger partial charge in [0.2, 0.25) is 0 Å². The van der Waals surface area contributed by atoms with Crippen molar-refractivity contribution >= 4 is 22.0 Å². The molecule has 1 aromatic rings. The van der Waals surface area contributed by atoms with Gasteiger partial charge in [-0.15, -0.1) is 13.2 Å². The largest absolute Gasteiger partial charge is 0.573 e. The molecule has 0 atom stereocenters. The van der Waals surface area contributed by atoms with E-state index in [1.807, 2.05) is 0 Å². The third kappa shape index (κ3) is 4.11. The molecule has 0 bridgehead atoms. The average Bonchev–Trinajstić information content (AvgIpc) is 2.28. The van der Waals surface area contributed by atoms with Crippen LogP contribution in [0.25, 0.3) is 6.08 Å². The number of hydrogen-bond acceptors (Lipinski definition) is 3. The normalized spacial score (nSPS) is 10.1. The lowest BCUT2D eigenvalue weighted by atomic mass is 10.1. The lowest BCUT2D eigenvalue weighted by Crippen LogP contribution is -2.17. The van der Waals surface area contributed by atoms with Gasteiger partial charge in [0, 0.05) is 0 Å². The van der Waals surface area contributed by atoms with E-state index in [9.17, 15) is 13.2 Å². The van der Waals surface area contributed by atoms with Gasteiger partial charge >= 0.3 is 6.36 Å². The van der Waals surface area contributed by atoms with Crippen LogP contribution in [0.1, 0.15) is 5.56 Å². The predicted molar refractivity (Wildman–Crippen MR) is 60.0 cm³/mol. The van der Waals surface area contributed by atoms with Crippen LogP contribution in [0.5, 0.6) is 5.75 Å². The van der Waals surface area contributed by atoms with E-state index in [-0.39, 0.29) is 15.6 Å². The molecule has 0 heterocycles. The molecule has 1 rings (SSSR count). The highest BCUT2D eigenvalue weighted by Gasteiger charge is 2.31. The summed E-state index contributed by atoms with van der Waals surface area (Å²) in [5.41, 5.74) is 0.0471. The van der Waals surface area contributed by atoms with Crippen LogP contribution in [0.4, 0.5) is 13.2 Å². The number of hydrogen-bond donors (Lipinski definition) is 0. The van der Waals surface area contributed by atoms with E-state index in [1.54, 1.807) is 12.1 Å². The summed E-state index contributed by atoms with van der Waals surface area (Å²) in [7, 11) is 0. The summed E-state index contributed by atoms with van der Waals surface area (Å²) in [6, 6.07) is 7.07. The molecule has 0 unspecified atom stereocenters. The maximum absolute atomic E-state index is 12.1. The first kappa shape index (κ1) is 14.1. The topological polar surface area (TPSA) is 56.8 Å². The van der Waals surface area contributed by atoms with Crippen molar-refractivity contribution in [3.63, 3.8) is 0 Å². The van der Waals surface area contributed by atoms with E-state index in [4.69, 9.17) is 10.5 Å². The maximum Gasteiger partial charge on any atom is 0.573 e. The molecule has 0 aliphatic heterocycles. The summed E-state index contributed by atoms with van der Waals surface area (Å²) in [6.07, 6.45) is -3.65. The Balaban J connectivity index is 3.14. The first-order valence-electron chi connectivity index (χ1n) is 4.43. The zero-order valence-electron chi connectivity index (χ0n) is 8.62. The highest BCUT2D eigenvalue weighted by atomic mass is 79.9. The number of alkyl halides is 3. The van der Waals surface area contributed by atoms with Crippen LogP contribution < -0.4 is 4.74 Å². The van der Waals surface area contributed by atoms with Crippen LogP contribution in [-0.2, 0) is 0 Å². The summed E-state index contributed by atoms with van der Waals surface area (Å²) in [5.74, 6) is -0.438. The summed E-state index contributed by atoms with van der Waals surface area (Å²) in [5, 5.41) is 17.1. The number of nitriles is 2. The number of ether oxygens (including phenoxy) is 1. The lowest BCUT2D eigenvalue weighted by Gasteiger charge is -2.10. The van der Waals surface area contributed by atoms with Crippen molar-refractivity contribution in [1.29, 1.82) is 10.5 Å². The third-order valence-electron chi connectivity index (χ3n) is 1.73. The molecule has 0 saturated carbocycles. The fourth-order valence-electron chi connectivity index (χ4n) is 1.07. The Morgan fingerprint density at radius 1 is 1.28 bits per heavy atom. The highest BCUT2D eigenvalue weighted by Crippen LogP contribution is 2.31. The van der Waals surface area contributed by atoms with Gasteiger partial charge in [-0.25, -0.2) is 0 Å². The lowest BCUT2D eigenvalue weighted by molar-refractivity contribution is -0.274. The standard InChI is InChI=1S/C11H4BrF3N2O/c12-9-2-1-7(3-8(5-16)6-17)4-10(9)18-11(13,14)15/h1-4H. The summed E-state index contributed by atoms with van der Waals surface area (Å²) in [6.45, 7) is 0. The van der Waals surface area contributed by atoms with Crippen LogP contribution in [-0.4, -0.2) is 6.36 Å². The van der Waals surface area contributed by atoms with Gasteiger partial charge in [0.15, 0.2) is 0 Å². The first-order valence-corrected chi connectivity index (χ1v) is 5.22. The molecule has 0 fully saturated rings. The van der Waals surface area contributed by atoms with Crippen molar-refractivity contribution in [1.82, 2.24) is 0 Å². The molecule has 3 nitrogen and oxygen atoms in total. The van der Waals surface area contributed by atoms with Crippen LogP contribution in [0.15, 0.2) is 28.2 Å². The van der Waals surface area contributed by atoms with E-state index in [2.05, 4.69) is 20.7 Å². The number of nitrogens with zero attached hydrogens (tertiary/aromatic N) is 2. The van der Waals surface area contributed by atoms with E-state index in [1.165, 1.54) is 12.1 Å². The van der Waals surface area contributed by atoms with Gasteiger partial charge in [-0.1, -0.05) is 6.07 Å². The number of allylic oxidation sites excluding steroid dienone is 1. The zero-order chi connectivity index (χ0) is 13.8. The van der Waals surface area contributed by atoms with Crippen molar-refractivity contribution < 1.29 is 17.9 Å². The van der Waals surface area contributed by atoms with E-state index in [0.29, 0.717) is 0 Å². The van der Waals surface area contributed by atoms with Gasteiger partial charge < -0.3 is 4.74 Å². The van der Waals surface area contributed by atoms with Gasteiger partial charge in [0.05, 0.1) is 4.47 Å².